The van der Waals surface area contributed by atoms with Crippen molar-refractivity contribution in [3.8, 4) is 0 Å². The second-order valence-electron chi connectivity index (χ2n) is 6.11. The van der Waals surface area contributed by atoms with Crippen LogP contribution in [0.3, 0.4) is 0 Å². The maximum atomic E-state index is 13.0. The topological polar surface area (TPSA) is 75.7 Å². The second kappa shape index (κ2) is 7.82. The minimum absolute atomic E-state index is 0. The normalized spacial score (nSPS) is 24.0. The number of carbonyl (C=O) groups is 1. The Bertz CT molecular complexity index is 681. The lowest BCUT2D eigenvalue weighted by atomic mass is 10.1. The summed E-state index contributed by atoms with van der Waals surface area (Å²) in [6.07, 6.45) is 2.66. The predicted octanol–water partition coefficient (Wildman–Crippen LogP) is 1.55. The Kier molecular flexibility index (Phi) is 6.25. The van der Waals surface area contributed by atoms with E-state index < -0.39 is 16.0 Å². The van der Waals surface area contributed by atoms with E-state index in [0.717, 1.165) is 25.8 Å². The van der Waals surface area contributed by atoms with Gasteiger partial charge in [0.2, 0.25) is 10.0 Å². The first-order valence-corrected chi connectivity index (χ1v) is 9.52. The summed E-state index contributed by atoms with van der Waals surface area (Å²) >= 11 is 0. The van der Waals surface area contributed by atoms with Crippen LogP contribution in [0.1, 0.15) is 35.2 Å². The van der Waals surface area contributed by atoms with E-state index in [1.807, 2.05) is 0 Å². The van der Waals surface area contributed by atoms with Crippen LogP contribution in [0, 0.1) is 0 Å². The Morgan fingerprint density at radius 3 is 2.71 bits per heavy atom. The molecule has 1 aromatic carbocycles. The molecular weight excluding hydrogens is 352 g/mol. The average molecular weight is 375 g/mol. The van der Waals surface area contributed by atoms with Crippen LogP contribution in [0.25, 0.3) is 0 Å². The van der Waals surface area contributed by atoms with Crippen LogP contribution >= 0.6 is 12.4 Å². The van der Waals surface area contributed by atoms with Crippen LogP contribution in [0.5, 0.6) is 0 Å². The van der Waals surface area contributed by atoms with Crippen LogP contribution in [-0.4, -0.2) is 51.0 Å². The number of hydrogen-bond acceptors (Lipinski definition) is 5. The van der Waals surface area contributed by atoms with E-state index >= 15 is 0 Å². The van der Waals surface area contributed by atoms with Gasteiger partial charge in [0, 0.05) is 18.6 Å². The molecule has 1 aromatic rings. The van der Waals surface area contributed by atoms with Gasteiger partial charge in [-0.05, 0) is 37.4 Å². The molecule has 2 heterocycles. The third-order valence-corrected chi connectivity index (χ3v) is 6.58. The maximum Gasteiger partial charge on any atom is 0.338 e. The number of carbonyl (C=O) groups excluding carboxylic acids is 1. The summed E-state index contributed by atoms with van der Waals surface area (Å²) in [7, 11) is -2.17. The fourth-order valence-electron chi connectivity index (χ4n) is 3.62. The van der Waals surface area contributed by atoms with Gasteiger partial charge in [-0.25, -0.2) is 13.2 Å². The van der Waals surface area contributed by atoms with Crippen molar-refractivity contribution in [2.24, 2.45) is 0 Å². The van der Waals surface area contributed by atoms with Crippen LogP contribution < -0.4 is 5.32 Å². The van der Waals surface area contributed by atoms with E-state index in [1.54, 1.807) is 28.6 Å². The molecule has 3 rings (SSSR count). The number of benzene rings is 1. The highest BCUT2D eigenvalue weighted by Crippen LogP contribution is 2.32. The molecule has 24 heavy (non-hydrogen) atoms. The van der Waals surface area contributed by atoms with E-state index in [0.29, 0.717) is 17.7 Å². The minimum atomic E-state index is -3.47. The number of halogens is 1. The van der Waals surface area contributed by atoms with E-state index in [2.05, 4.69) is 5.32 Å². The number of hydrogen-bond donors (Lipinski definition) is 1. The number of methoxy groups -OCH3 is 1. The molecule has 0 spiro atoms. The summed E-state index contributed by atoms with van der Waals surface area (Å²) in [5.74, 6) is -0.665. The molecule has 2 fully saturated rings. The first kappa shape index (κ1) is 19.2. The molecule has 2 aliphatic rings. The van der Waals surface area contributed by atoms with Gasteiger partial charge in [-0.3, -0.25) is 0 Å². The summed E-state index contributed by atoms with van der Waals surface area (Å²) in [6, 6.07) is 6.84. The molecule has 8 heteroatoms. The summed E-state index contributed by atoms with van der Waals surface area (Å²) in [4.78, 5) is 11.9. The molecule has 1 N–H and O–H groups in total. The Balaban J connectivity index is 0.00000208. The van der Waals surface area contributed by atoms with Crippen molar-refractivity contribution < 1.29 is 17.9 Å². The minimum Gasteiger partial charge on any atom is -0.465 e. The van der Waals surface area contributed by atoms with Crippen LogP contribution in [-0.2, 0) is 20.5 Å². The zero-order chi connectivity index (χ0) is 16.4. The lowest BCUT2D eigenvalue weighted by Gasteiger charge is -2.27. The van der Waals surface area contributed by atoms with Crippen LogP contribution in [0.15, 0.2) is 24.3 Å². The van der Waals surface area contributed by atoms with Crippen molar-refractivity contribution >= 4 is 28.4 Å². The molecule has 0 radical (unpaired) electrons. The molecule has 6 nitrogen and oxygen atoms in total. The molecule has 2 unspecified atom stereocenters. The third-order valence-electron chi connectivity index (χ3n) is 4.67. The largest absolute Gasteiger partial charge is 0.465 e. The highest BCUT2D eigenvalue weighted by atomic mass is 35.5. The fourth-order valence-corrected chi connectivity index (χ4v) is 5.71. The number of nitrogens with zero attached hydrogens (tertiary/aromatic N) is 1. The maximum absolute atomic E-state index is 13.0. The van der Waals surface area contributed by atoms with Gasteiger partial charge in [0.1, 0.15) is 0 Å². The zero-order valence-electron chi connectivity index (χ0n) is 13.6. The monoisotopic (exact) mass is 374 g/mol. The second-order valence-corrected chi connectivity index (χ2v) is 7.99. The van der Waals surface area contributed by atoms with Crippen molar-refractivity contribution in [3.05, 3.63) is 35.4 Å². The van der Waals surface area contributed by atoms with Gasteiger partial charge >= 0.3 is 5.97 Å². The average Bonchev–Trinajstić information content (AvgIpc) is 2.80. The van der Waals surface area contributed by atoms with Gasteiger partial charge < -0.3 is 10.1 Å². The van der Waals surface area contributed by atoms with Gasteiger partial charge in [-0.2, -0.15) is 4.31 Å². The standard InChI is InChI=1S/C16H22N2O4S.ClH/c1-22-16(19)15-5-3-2-4-12(15)11-23(20,21)18-13-6-7-14(18)10-17-9-8-13;/h2-5,13-14,17H,6-11H2,1H3;1H. The highest BCUT2D eigenvalue weighted by molar-refractivity contribution is 7.88. The van der Waals surface area contributed by atoms with Gasteiger partial charge in [0.15, 0.2) is 0 Å². The number of rotatable bonds is 4. The van der Waals surface area contributed by atoms with E-state index in [4.69, 9.17) is 4.74 Å². The van der Waals surface area contributed by atoms with Crippen molar-refractivity contribution in [1.29, 1.82) is 0 Å². The number of sulfonamides is 1. The number of nitrogens with one attached hydrogen (secondary N) is 1. The van der Waals surface area contributed by atoms with Gasteiger partial charge in [-0.1, -0.05) is 18.2 Å². The molecule has 2 bridgehead atoms. The smallest absolute Gasteiger partial charge is 0.338 e. The molecule has 0 aliphatic carbocycles. The number of fused-ring (bicyclic) bond motifs is 2. The van der Waals surface area contributed by atoms with E-state index in [1.165, 1.54) is 7.11 Å². The van der Waals surface area contributed by atoms with Crippen molar-refractivity contribution in [1.82, 2.24) is 9.62 Å². The van der Waals surface area contributed by atoms with Crippen LogP contribution in [0.2, 0.25) is 0 Å². The molecule has 2 aliphatic heterocycles. The summed E-state index contributed by atoms with van der Waals surface area (Å²) in [5.41, 5.74) is 0.815. The quantitative estimate of drug-likeness (QED) is 0.809. The fraction of sp³-hybridized carbons (Fsp3) is 0.562. The summed E-state index contributed by atoms with van der Waals surface area (Å²) in [6.45, 7) is 1.56. The number of esters is 1. The third kappa shape index (κ3) is 3.74. The Labute approximate surface area is 149 Å². The van der Waals surface area contributed by atoms with Crippen molar-refractivity contribution in [2.75, 3.05) is 20.2 Å². The number of ether oxygens (including phenoxy) is 1. The molecule has 2 atom stereocenters. The lowest BCUT2D eigenvalue weighted by Crippen LogP contribution is -2.43. The van der Waals surface area contributed by atoms with E-state index in [-0.39, 0.29) is 30.2 Å². The molecule has 0 aromatic heterocycles. The van der Waals surface area contributed by atoms with Crippen molar-refractivity contribution in [3.63, 3.8) is 0 Å². The molecule has 2 saturated heterocycles. The highest BCUT2D eigenvalue weighted by Gasteiger charge is 2.42. The zero-order valence-corrected chi connectivity index (χ0v) is 15.2. The molecule has 0 saturated carbocycles. The summed E-state index contributed by atoms with van der Waals surface area (Å²) < 4.78 is 32.4. The van der Waals surface area contributed by atoms with Gasteiger partial charge in [0.05, 0.1) is 18.4 Å². The van der Waals surface area contributed by atoms with E-state index in [9.17, 15) is 13.2 Å². The predicted molar refractivity (Wildman–Crippen MR) is 93.8 cm³/mol. The Morgan fingerprint density at radius 1 is 1.25 bits per heavy atom. The van der Waals surface area contributed by atoms with Crippen molar-refractivity contribution in [2.45, 2.75) is 37.1 Å². The van der Waals surface area contributed by atoms with Gasteiger partial charge in [0.25, 0.3) is 0 Å². The molecule has 134 valence electrons. The SMILES string of the molecule is COC(=O)c1ccccc1CS(=O)(=O)N1C2CCNCC1CC2.Cl. The van der Waals surface area contributed by atoms with Gasteiger partial charge in [-0.15, -0.1) is 12.4 Å². The Hall–Kier alpha value is -1.15. The summed E-state index contributed by atoms with van der Waals surface area (Å²) in [5, 5.41) is 3.30. The first-order chi connectivity index (χ1) is 11.0. The lowest BCUT2D eigenvalue weighted by molar-refractivity contribution is 0.0600. The molecular formula is C16H23ClN2O4S. The van der Waals surface area contributed by atoms with Crippen LogP contribution in [0.4, 0.5) is 0 Å². The molecule has 0 amide bonds. The first-order valence-electron chi connectivity index (χ1n) is 7.91. The Morgan fingerprint density at radius 2 is 1.96 bits per heavy atom.